The molecule has 0 unspecified atom stereocenters. The molecule has 25 heavy (non-hydrogen) atoms. The van der Waals surface area contributed by atoms with Crippen molar-refractivity contribution in [3.8, 4) is 11.3 Å². The van der Waals surface area contributed by atoms with E-state index in [1.165, 1.54) is 0 Å². The highest BCUT2D eigenvalue weighted by atomic mass is 16.2. The summed E-state index contributed by atoms with van der Waals surface area (Å²) in [5.74, 6) is 0.852. The van der Waals surface area contributed by atoms with Crippen molar-refractivity contribution >= 4 is 5.91 Å². The molecule has 6 nitrogen and oxygen atoms in total. The average Bonchev–Trinajstić information content (AvgIpc) is 3.19. The number of amides is 1. The lowest BCUT2D eigenvalue weighted by Gasteiger charge is -2.16. The molecule has 0 aliphatic rings. The highest BCUT2D eigenvalue weighted by molar-refractivity contribution is 5.95. The van der Waals surface area contributed by atoms with Crippen molar-refractivity contribution < 1.29 is 4.79 Å². The molecule has 0 aliphatic carbocycles. The fourth-order valence-corrected chi connectivity index (χ4v) is 2.92. The van der Waals surface area contributed by atoms with Crippen molar-refractivity contribution in [3.63, 3.8) is 0 Å². The summed E-state index contributed by atoms with van der Waals surface area (Å²) in [5, 5.41) is 4.25. The van der Waals surface area contributed by atoms with Gasteiger partial charge in [-0.1, -0.05) is 12.1 Å². The van der Waals surface area contributed by atoms with Crippen LogP contribution < -0.4 is 0 Å². The van der Waals surface area contributed by atoms with Gasteiger partial charge in [0.2, 0.25) is 0 Å². The molecule has 0 atom stereocenters. The number of benzene rings is 1. The summed E-state index contributed by atoms with van der Waals surface area (Å²) in [7, 11) is 1.81. The summed E-state index contributed by atoms with van der Waals surface area (Å²) in [6.45, 7) is 7.30. The molecule has 0 radical (unpaired) electrons. The van der Waals surface area contributed by atoms with Crippen LogP contribution in [0.5, 0.6) is 0 Å². The number of rotatable bonds is 5. The third kappa shape index (κ3) is 3.63. The molecule has 6 heteroatoms. The fourth-order valence-electron chi connectivity index (χ4n) is 2.92. The van der Waals surface area contributed by atoms with E-state index < -0.39 is 0 Å². The fraction of sp³-hybridized carbons (Fsp3) is 0.316. The van der Waals surface area contributed by atoms with E-state index in [2.05, 4.69) is 15.1 Å². The summed E-state index contributed by atoms with van der Waals surface area (Å²) in [6, 6.07) is 7.61. The number of H-pyrrole nitrogens is 1. The van der Waals surface area contributed by atoms with Crippen LogP contribution in [-0.2, 0) is 13.1 Å². The lowest BCUT2D eigenvalue weighted by Crippen LogP contribution is -2.26. The van der Waals surface area contributed by atoms with E-state index in [4.69, 9.17) is 0 Å². The lowest BCUT2D eigenvalue weighted by molar-refractivity contribution is 0.0785. The number of carbonyl (C=O) groups is 1. The van der Waals surface area contributed by atoms with Crippen molar-refractivity contribution in [1.29, 1.82) is 0 Å². The second kappa shape index (κ2) is 6.93. The molecule has 3 rings (SSSR count). The largest absolute Gasteiger partial charge is 0.346 e. The molecule has 0 spiro atoms. The molecule has 0 saturated heterocycles. The zero-order valence-corrected chi connectivity index (χ0v) is 15.1. The van der Waals surface area contributed by atoms with Crippen LogP contribution in [0.3, 0.4) is 0 Å². The highest BCUT2D eigenvalue weighted by Gasteiger charge is 2.15. The van der Waals surface area contributed by atoms with Gasteiger partial charge in [0.1, 0.15) is 5.82 Å². The number of nitrogens with one attached hydrogen (secondary N) is 1. The third-order valence-corrected chi connectivity index (χ3v) is 4.16. The van der Waals surface area contributed by atoms with Gasteiger partial charge < -0.3 is 9.88 Å². The second-order valence-electron chi connectivity index (χ2n) is 6.24. The number of aromatic nitrogens is 4. The first-order chi connectivity index (χ1) is 12.0. The quantitative estimate of drug-likeness (QED) is 0.777. The van der Waals surface area contributed by atoms with Gasteiger partial charge in [0.05, 0.1) is 11.9 Å². The maximum atomic E-state index is 12.8. The minimum Gasteiger partial charge on any atom is -0.346 e. The van der Waals surface area contributed by atoms with E-state index in [-0.39, 0.29) is 5.91 Å². The van der Waals surface area contributed by atoms with Gasteiger partial charge in [-0.2, -0.15) is 5.10 Å². The van der Waals surface area contributed by atoms with Crippen LogP contribution >= 0.6 is 0 Å². The number of aryl methyl sites for hydroxylation is 3. The Morgan fingerprint density at radius 2 is 2.12 bits per heavy atom. The maximum Gasteiger partial charge on any atom is 0.253 e. The Morgan fingerprint density at radius 1 is 1.32 bits per heavy atom. The van der Waals surface area contributed by atoms with E-state index in [0.717, 1.165) is 34.9 Å². The van der Waals surface area contributed by atoms with Crippen LogP contribution in [0, 0.1) is 13.8 Å². The van der Waals surface area contributed by atoms with Gasteiger partial charge in [0, 0.05) is 48.7 Å². The predicted molar refractivity (Wildman–Crippen MR) is 97.2 cm³/mol. The molecule has 0 bridgehead atoms. The van der Waals surface area contributed by atoms with Crippen LogP contribution in [0.25, 0.3) is 11.3 Å². The average molecular weight is 337 g/mol. The van der Waals surface area contributed by atoms with Gasteiger partial charge in [-0.15, -0.1) is 0 Å². The number of aromatic amines is 1. The Bertz CT molecular complexity index is 893. The van der Waals surface area contributed by atoms with Crippen LogP contribution in [0.1, 0.15) is 34.4 Å². The first kappa shape index (κ1) is 17.0. The minimum atomic E-state index is -0.0176. The van der Waals surface area contributed by atoms with E-state index in [9.17, 15) is 4.79 Å². The van der Waals surface area contributed by atoms with Crippen LogP contribution in [0.4, 0.5) is 0 Å². The number of imidazole rings is 1. The molecule has 130 valence electrons. The Morgan fingerprint density at radius 3 is 2.76 bits per heavy atom. The number of hydrogen-bond acceptors (Lipinski definition) is 3. The Balaban J connectivity index is 1.80. The van der Waals surface area contributed by atoms with Crippen LogP contribution in [0.2, 0.25) is 0 Å². The van der Waals surface area contributed by atoms with Crippen molar-refractivity contribution in [2.75, 3.05) is 7.05 Å². The molecular weight excluding hydrogens is 314 g/mol. The highest BCUT2D eigenvalue weighted by Crippen LogP contribution is 2.22. The molecule has 0 fully saturated rings. The first-order valence-corrected chi connectivity index (χ1v) is 8.38. The van der Waals surface area contributed by atoms with Crippen molar-refractivity contribution in [3.05, 3.63) is 59.3 Å². The van der Waals surface area contributed by atoms with E-state index in [1.807, 2.05) is 63.0 Å². The van der Waals surface area contributed by atoms with Gasteiger partial charge in [-0.05, 0) is 32.9 Å². The molecule has 2 aromatic heterocycles. The smallest absolute Gasteiger partial charge is 0.253 e. The molecule has 0 saturated carbocycles. The van der Waals surface area contributed by atoms with Gasteiger partial charge in [-0.25, -0.2) is 4.98 Å². The molecule has 2 heterocycles. The maximum absolute atomic E-state index is 12.8. The lowest BCUT2D eigenvalue weighted by atomic mass is 10.1. The summed E-state index contributed by atoms with van der Waals surface area (Å²) in [5.41, 5.74) is 4.51. The van der Waals surface area contributed by atoms with Crippen LogP contribution in [-0.4, -0.2) is 37.6 Å². The Kier molecular flexibility index (Phi) is 4.70. The number of hydrogen-bond donors (Lipinski definition) is 1. The Labute approximate surface area is 147 Å². The van der Waals surface area contributed by atoms with E-state index in [0.29, 0.717) is 12.1 Å². The summed E-state index contributed by atoms with van der Waals surface area (Å²) in [6.07, 6.45) is 3.77. The third-order valence-electron chi connectivity index (χ3n) is 4.16. The van der Waals surface area contributed by atoms with E-state index in [1.54, 1.807) is 11.1 Å². The van der Waals surface area contributed by atoms with E-state index >= 15 is 0 Å². The Hall–Kier alpha value is -2.89. The second-order valence-corrected chi connectivity index (χ2v) is 6.24. The van der Waals surface area contributed by atoms with Crippen molar-refractivity contribution in [2.24, 2.45) is 0 Å². The van der Waals surface area contributed by atoms with Crippen molar-refractivity contribution in [1.82, 2.24) is 24.6 Å². The zero-order valence-electron chi connectivity index (χ0n) is 15.1. The molecule has 1 amide bonds. The van der Waals surface area contributed by atoms with Crippen LogP contribution in [0.15, 0.2) is 36.7 Å². The molecule has 1 N–H and O–H groups in total. The molecular formula is C19H23N5O. The normalized spacial score (nSPS) is 10.9. The predicted octanol–water partition coefficient (Wildman–Crippen LogP) is 3.18. The molecule has 0 aliphatic heterocycles. The summed E-state index contributed by atoms with van der Waals surface area (Å²) < 4.78 is 1.86. The number of carbonyl (C=O) groups excluding carboxylic acids is 1. The van der Waals surface area contributed by atoms with Gasteiger partial charge in [0.25, 0.3) is 5.91 Å². The zero-order chi connectivity index (χ0) is 18.0. The van der Waals surface area contributed by atoms with Gasteiger partial charge >= 0.3 is 0 Å². The minimum absolute atomic E-state index is 0.0176. The molecule has 3 aromatic rings. The monoisotopic (exact) mass is 337 g/mol. The van der Waals surface area contributed by atoms with Gasteiger partial charge in [-0.3, -0.25) is 9.48 Å². The van der Waals surface area contributed by atoms with Crippen molar-refractivity contribution in [2.45, 2.75) is 33.9 Å². The first-order valence-electron chi connectivity index (χ1n) is 8.38. The standard InChI is InChI=1S/C19H23N5O/c1-5-24-12-15(10-20-24)11-23(4)19(25)17-8-6-7-16(9-17)18-13(2)21-14(3)22-18/h6-10,12H,5,11H2,1-4H3,(H,21,22). The number of nitrogens with zero attached hydrogens (tertiary/aromatic N) is 4. The van der Waals surface area contributed by atoms with Gasteiger partial charge in [0.15, 0.2) is 0 Å². The summed E-state index contributed by atoms with van der Waals surface area (Å²) in [4.78, 5) is 22.2. The SMILES string of the molecule is CCn1cc(CN(C)C(=O)c2cccc(-c3nc(C)[nH]c3C)c2)cn1. The summed E-state index contributed by atoms with van der Waals surface area (Å²) >= 11 is 0. The molecule has 1 aromatic carbocycles. The topological polar surface area (TPSA) is 66.8 Å².